The van der Waals surface area contributed by atoms with Gasteiger partial charge in [0.1, 0.15) is 11.5 Å². The number of nitrogens with one attached hydrogen (secondary N) is 2. The molecule has 0 aliphatic carbocycles. The van der Waals surface area contributed by atoms with Crippen LogP contribution in [0.3, 0.4) is 0 Å². The van der Waals surface area contributed by atoms with Gasteiger partial charge in [-0.05, 0) is 40.2 Å². The number of aromatic amines is 1. The molecule has 0 aromatic carbocycles. The standard InChI is InChI=1S/C17H22N4O4/c1-9(2)21-13(6-7-18-21)20-14(23)8-25-17(24)16-10(3)15(12(5)22)11(4)19-16/h6-7,9,19H,8H2,1-5H3,(H,20,23). The second kappa shape index (κ2) is 7.33. The van der Waals surface area contributed by atoms with E-state index in [9.17, 15) is 14.4 Å². The monoisotopic (exact) mass is 346 g/mol. The molecule has 0 atom stereocenters. The predicted octanol–water partition coefficient (Wildman–Crippen LogP) is 2.41. The van der Waals surface area contributed by atoms with Crippen molar-refractivity contribution in [1.29, 1.82) is 0 Å². The molecular weight excluding hydrogens is 324 g/mol. The zero-order chi connectivity index (χ0) is 18.7. The van der Waals surface area contributed by atoms with E-state index in [1.807, 2.05) is 13.8 Å². The fourth-order valence-electron chi connectivity index (χ4n) is 2.69. The highest BCUT2D eigenvalue weighted by molar-refractivity contribution is 6.01. The van der Waals surface area contributed by atoms with E-state index in [1.54, 1.807) is 30.8 Å². The summed E-state index contributed by atoms with van der Waals surface area (Å²) in [5.41, 5.74) is 1.77. The molecule has 2 aromatic heterocycles. The number of esters is 1. The van der Waals surface area contributed by atoms with Crippen molar-refractivity contribution < 1.29 is 19.1 Å². The summed E-state index contributed by atoms with van der Waals surface area (Å²) in [7, 11) is 0. The highest BCUT2D eigenvalue weighted by Gasteiger charge is 2.21. The molecule has 0 spiro atoms. The van der Waals surface area contributed by atoms with Crippen LogP contribution in [0.2, 0.25) is 0 Å². The molecule has 8 nitrogen and oxygen atoms in total. The normalized spacial score (nSPS) is 10.8. The lowest BCUT2D eigenvalue weighted by Crippen LogP contribution is -2.23. The number of anilines is 1. The van der Waals surface area contributed by atoms with E-state index >= 15 is 0 Å². The van der Waals surface area contributed by atoms with E-state index in [-0.39, 0.29) is 17.5 Å². The summed E-state index contributed by atoms with van der Waals surface area (Å²) < 4.78 is 6.69. The van der Waals surface area contributed by atoms with Crippen LogP contribution in [0.25, 0.3) is 0 Å². The number of ether oxygens (including phenoxy) is 1. The number of rotatable bonds is 6. The average molecular weight is 346 g/mol. The molecule has 8 heteroatoms. The molecule has 2 aromatic rings. The molecule has 2 rings (SSSR count). The number of aromatic nitrogens is 3. The van der Waals surface area contributed by atoms with Crippen LogP contribution in [0.4, 0.5) is 5.82 Å². The molecule has 1 amide bonds. The first-order valence-electron chi connectivity index (χ1n) is 7.93. The number of ketones is 1. The number of hydrogen-bond donors (Lipinski definition) is 2. The molecule has 0 unspecified atom stereocenters. The average Bonchev–Trinajstić information content (AvgIpc) is 3.09. The van der Waals surface area contributed by atoms with Gasteiger partial charge in [-0.3, -0.25) is 9.59 Å². The number of aryl methyl sites for hydroxylation is 1. The maximum Gasteiger partial charge on any atom is 0.355 e. The summed E-state index contributed by atoms with van der Waals surface area (Å²) in [5, 5.41) is 6.76. The molecule has 0 bridgehead atoms. The fourth-order valence-corrected chi connectivity index (χ4v) is 2.69. The topological polar surface area (TPSA) is 106 Å². The predicted molar refractivity (Wildman–Crippen MR) is 91.8 cm³/mol. The molecule has 0 fully saturated rings. The molecule has 0 saturated heterocycles. The second-order valence-corrected chi connectivity index (χ2v) is 6.06. The maximum atomic E-state index is 12.2. The minimum atomic E-state index is -0.680. The van der Waals surface area contributed by atoms with Gasteiger partial charge in [0, 0.05) is 23.4 Å². The van der Waals surface area contributed by atoms with Gasteiger partial charge in [-0.2, -0.15) is 5.10 Å². The van der Waals surface area contributed by atoms with Crippen LogP contribution in [0.15, 0.2) is 12.3 Å². The van der Waals surface area contributed by atoms with Crippen LogP contribution in [-0.4, -0.2) is 39.0 Å². The van der Waals surface area contributed by atoms with Crippen molar-refractivity contribution in [3.8, 4) is 0 Å². The lowest BCUT2D eigenvalue weighted by Gasteiger charge is -2.11. The molecule has 0 saturated carbocycles. The molecule has 25 heavy (non-hydrogen) atoms. The Bertz CT molecular complexity index is 817. The highest BCUT2D eigenvalue weighted by atomic mass is 16.5. The van der Waals surface area contributed by atoms with Gasteiger partial charge >= 0.3 is 5.97 Å². The van der Waals surface area contributed by atoms with E-state index in [2.05, 4.69) is 15.4 Å². The molecule has 0 aliphatic heterocycles. The van der Waals surface area contributed by atoms with Gasteiger partial charge in [0.25, 0.3) is 5.91 Å². The van der Waals surface area contributed by atoms with Gasteiger partial charge in [0.05, 0.1) is 6.20 Å². The number of Topliss-reactive ketones (excluding diaryl/α,β-unsaturated/α-hetero) is 1. The van der Waals surface area contributed by atoms with Crippen LogP contribution < -0.4 is 5.32 Å². The van der Waals surface area contributed by atoms with Crippen LogP contribution in [0.5, 0.6) is 0 Å². The number of carbonyl (C=O) groups excluding carboxylic acids is 3. The largest absolute Gasteiger partial charge is 0.451 e. The summed E-state index contributed by atoms with van der Waals surface area (Å²) in [4.78, 5) is 38.6. The van der Waals surface area contributed by atoms with E-state index in [0.29, 0.717) is 22.6 Å². The van der Waals surface area contributed by atoms with Gasteiger partial charge in [-0.15, -0.1) is 0 Å². The first-order valence-corrected chi connectivity index (χ1v) is 7.93. The van der Waals surface area contributed by atoms with Crippen molar-refractivity contribution in [2.24, 2.45) is 0 Å². The third-order valence-corrected chi connectivity index (χ3v) is 3.75. The lowest BCUT2D eigenvalue weighted by molar-refractivity contribution is -0.119. The number of carbonyl (C=O) groups is 3. The van der Waals surface area contributed by atoms with Gasteiger partial charge < -0.3 is 15.0 Å². The molecule has 2 heterocycles. The number of amides is 1. The van der Waals surface area contributed by atoms with Gasteiger partial charge in [0.2, 0.25) is 0 Å². The summed E-state index contributed by atoms with van der Waals surface area (Å²) >= 11 is 0. The van der Waals surface area contributed by atoms with Crippen molar-refractivity contribution in [2.45, 2.75) is 40.7 Å². The van der Waals surface area contributed by atoms with Gasteiger partial charge in [-0.1, -0.05) is 0 Å². The minimum Gasteiger partial charge on any atom is -0.451 e. The Labute approximate surface area is 145 Å². The van der Waals surface area contributed by atoms with Crippen molar-refractivity contribution >= 4 is 23.5 Å². The number of nitrogens with zero attached hydrogens (tertiary/aromatic N) is 2. The van der Waals surface area contributed by atoms with E-state index in [1.165, 1.54) is 6.92 Å². The van der Waals surface area contributed by atoms with Gasteiger partial charge in [0.15, 0.2) is 12.4 Å². The maximum absolute atomic E-state index is 12.2. The first-order chi connectivity index (χ1) is 11.7. The Morgan fingerprint density at radius 2 is 2.00 bits per heavy atom. The molecule has 0 aliphatic rings. The number of hydrogen-bond acceptors (Lipinski definition) is 5. The second-order valence-electron chi connectivity index (χ2n) is 6.06. The van der Waals surface area contributed by atoms with E-state index in [4.69, 9.17) is 4.74 Å². The van der Waals surface area contributed by atoms with Gasteiger partial charge in [-0.25, -0.2) is 9.48 Å². The van der Waals surface area contributed by atoms with E-state index < -0.39 is 18.5 Å². The van der Waals surface area contributed by atoms with Crippen molar-refractivity contribution in [2.75, 3.05) is 11.9 Å². The van der Waals surface area contributed by atoms with Crippen molar-refractivity contribution in [3.05, 3.63) is 34.8 Å². The summed E-state index contributed by atoms with van der Waals surface area (Å²) in [6.07, 6.45) is 1.58. The Balaban J connectivity index is 2.00. The minimum absolute atomic E-state index is 0.0856. The zero-order valence-electron chi connectivity index (χ0n) is 15.0. The molecular formula is C17H22N4O4. The number of H-pyrrole nitrogens is 1. The van der Waals surface area contributed by atoms with Crippen LogP contribution in [-0.2, 0) is 9.53 Å². The Morgan fingerprint density at radius 3 is 2.56 bits per heavy atom. The molecule has 134 valence electrons. The van der Waals surface area contributed by atoms with Crippen molar-refractivity contribution in [1.82, 2.24) is 14.8 Å². The van der Waals surface area contributed by atoms with E-state index in [0.717, 1.165) is 0 Å². The Kier molecular flexibility index (Phi) is 5.41. The summed E-state index contributed by atoms with van der Waals surface area (Å²) in [6, 6.07) is 1.75. The van der Waals surface area contributed by atoms with Crippen molar-refractivity contribution in [3.63, 3.8) is 0 Å². The lowest BCUT2D eigenvalue weighted by atomic mass is 10.1. The zero-order valence-corrected chi connectivity index (χ0v) is 15.0. The molecule has 2 N–H and O–H groups in total. The van der Waals surface area contributed by atoms with Crippen LogP contribution in [0.1, 0.15) is 58.9 Å². The Morgan fingerprint density at radius 1 is 1.32 bits per heavy atom. The summed E-state index contributed by atoms with van der Waals surface area (Å²) in [6.45, 7) is 8.24. The third-order valence-electron chi connectivity index (χ3n) is 3.75. The Hall–Kier alpha value is -2.90. The smallest absolute Gasteiger partial charge is 0.355 e. The van der Waals surface area contributed by atoms with Crippen LogP contribution in [0, 0.1) is 13.8 Å². The highest BCUT2D eigenvalue weighted by Crippen LogP contribution is 2.19. The third kappa shape index (κ3) is 3.96. The van der Waals surface area contributed by atoms with Crippen LogP contribution >= 0.6 is 0 Å². The summed E-state index contributed by atoms with van der Waals surface area (Å²) in [5.74, 6) is -0.754. The first kappa shape index (κ1) is 18.4. The fraction of sp³-hybridized carbons (Fsp3) is 0.412. The quantitative estimate of drug-likeness (QED) is 0.617. The SMILES string of the molecule is CC(=O)c1c(C)[nH]c(C(=O)OCC(=O)Nc2ccnn2C(C)C)c1C. The molecule has 0 radical (unpaired) electrons.